The first-order valence-electron chi connectivity index (χ1n) is 7.25. The van der Waals surface area contributed by atoms with Gasteiger partial charge < -0.3 is 5.32 Å². The van der Waals surface area contributed by atoms with Crippen molar-refractivity contribution in [2.75, 3.05) is 6.54 Å². The molecule has 1 aromatic carbocycles. The van der Waals surface area contributed by atoms with Crippen molar-refractivity contribution < 1.29 is 4.79 Å². The lowest BCUT2D eigenvalue weighted by atomic mass is 10.2. The normalized spacial score (nSPS) is 13.9. The maximum atomic E-state index is 12.0. The standard InChI is InChI=1S/C16H16BrN3O2/c17-13-5-3-12(4-6-13)16(22)18-9-10-20-15(21)8-7-14(19-20)11-1-2-11/h3-8,11H,1-2,9-10H2,(H,18,22). The fourth-order valence-electron chi connectivity index (χ4n) is 2.20. The van der Waals surface area contributed by atoms with Gasteiger partial charge in [-0.05, 0) is 43.2 Å². The molecule has 5 nitrogen and oxygen atoms in total. The lowest BCUT2D eigenvalue weighted by molar-refractivity contribution is 0.0951. The molecule has 2 aromatic rings. The number of hydrogen-bond acceptors (Lipinski definition) is 3. The van der Waals surface area contributed by atoms with E-state index in [0.29, 0.717) is 24.6 Å². The summed E-state index contributed by atoms with van der Waals surface area (Å²) in [6, 6.07) is 10.5. The number of carbonyl (C=O) groups is 1. The molecule has 114 valence electrons. The molecule has 6 heteroatoms. The van der Waals surface area contributed by atoms with Gasteiger partial charge in [-0.2, -0.15) is 5.10 Å². The van der Waals surface area contributed by atoms with Crippen LogP contribution in [0, 0.1) is 0 Å². The van der Waals surface area contributed by atoms with E-state index in [1.54, 1.807) is 24.3 Å². The number of benzene rings is 1. The summed E-state index contributed by atoms with van der Waals surface area (Å²) in [5.41, 5.74) is 1.43. The molecule has 0 saturated heterocycles. The molecule has 1 aromatic heterocycles. The van der Waals surface area contributed by atoms with Crippen LogP contribution in [0.15, 0.2) is 45.7 Å². The number of nitrogens with zero attached hydrogens (tertiary/aromatic N) is 2. The zero-order valence-electron chi connectivity index (χ0n) is 12.0. The Balaban J connectivity index is 1.58. The van der Waals surface area contributed by atoms with Gasteiger partial charge in [0.2, 0.25) is 0 Å². The average Bonchev–Trinajstić information content (AvgIpc) is 3.34. The molecular weight excluding hydrogens is 346 g/mol. The molecule has 0 unspecified atom stereocenters. The van der Waals surface area contributed by atoms with Gasteiger partial charge in [0.05, 0.1) is 12.2 Å². The highest BCUT2D eigenvalue weighted by Gasteiger charge is 2.25. The molecular formula is C16H16BrN3O2. The highest BCUT2D eigenvalue weighted by atomic mass is 79.9. The van der Waals surface area contributed by atoms with E-state index < -0.39 is 0 Å². The average molecular weight is 362 g/mol. The molecule has 1 N–H and O–H groups in total. The second kappa shape index (κ2) is 6.44. The van der Waals surface area contributed by atoms with E-state index in [1.807, 2.05) is 12.1 Å². The van der Waals surface area contributed by atoms with Crippen LogP contribution in [0.2, 0.25) is 0 Å². The smallest absolute Gasteiger partial charge is 0.266 e. The third-order valence-electron chi connectivity index (χ3n) is 3.60. The Morgan fingerprint density at radius 3 is 2.64 bits per heavy atom. The minimum atomic E-state index is -0.154. The van der Waals surface area contributed by atoms with E-state index in [2.05, 4.69) is 26.3 Å². The molecule has 0 radical (unpaired) electrons. The summed E-state index contributed by atoms with van der Waals surface area (Å²) in [6.45, 7) is 0.748. The van der Waals surface area contributed by atoms with Crippen molar-refractivity contribution in [2.45, 2.75) is 25.3 Å². The first kappa shape index (κ1) is 15.0. The van der Waals surface area contributed by atoms with Crippen molar-refractivity contribution in [1.82, 2.24) is 15.1 Å². The quantitative estimate of drug-likeness (QED) is 0.888. The fraction of sp³-hybridized carbons (Fsp3) is 0.312. The van der Waals surface area contributed by atoms with Gasteiger partial charge in [-0.25, -0.2) is 4.68 Å². The zero-order chi connectivity index (χ0) is 15.5. The maximum Gasteiger partial charge on any atom is 0.266 e. The monoisotopic (exact) mass is 361 g/mol. The molecule has 1 fully saturated rings. The highest BCUT2D eigenvalue weighted by molar-refractivity contribution is 9.10. The van der Waals surface area contributed by atoms with Gasteiger partial charge >= 0.3 is 0 Å². The van der Waals surface area contributed by atoms with Crippen LogP contribution in [0.5, 0.6) is 0 Å². The van der Waals surface area contributed by atoms with Crippen LogP contribution >= 0.6 is 15.9 Å². The lowest BCUT2D eigenvalue weighted by Crippen LogP contribution is -2.32. The van der Waals surface area contributed by atoms with Crippen LogP contribution in [0.1, 0.15) is 34.8 Å². The topological polar surface area (TPSA) is 64.0 Å². The molecule has 1 aliphatic carbocycles. The largest absolute Gasteiger partial charge is 0.350 e. The van der Waals surface area contributed by atoms with Crippen molar-refractivity contribution in [3.63, 3.8) is 0 Å². The van der Waals surface area contributed by atoms with Crippen LogP contribution in [0.3, 0.4) is 0 Å². The molecule has 1 saturated carbocycles. The van der Waals surface area contributed by atoms with Crippen molar-refractivity contribution >= 4 is 21.8 Å². The molecule has 0 bridgehead atoms. The third kappa shape index (κ3) is 3.62. The summed E-state index contributed by atoms with van der Waals surface area (Å²) >= 11 is 3.33. The SMILES string of the molecule is O=C(NCCn1nc(C2CC2)ccc1=O)c1ccc(Br)cc1. The van der Waals surface area contributed by atoms with Crippen molar-refractivity contribution in [2.24, 2.45) is 0 Å². The van der Waals surface area contributed by atoms with Gasteiger partial charge in [-0.1, -0.05) is 15.9 Å². The molecule has 0 aliphatic heterocycles. The maximum absolute atomic E-state index is 12.0. The van der Waals surface area contributed by atoms with Crippen LogP contribution in [-0.2, 0) is 6.54 Å². The second-order valence-electron chi connectivity index (χ2n) is 5.36. The summed E-state index contributed by atoms with van der Waals surface area (Å²) in [6.07, 6.45) is 2.29. The second-order valence-corrected chi connectivity index (χ2v) is 6.27. The van der Waals surface area contributed by atoms with E-state index in [1.165, 1.54) is 4.68 Å². The van der Waals surface area contributed by atoms with E-state index in [9.17, 15) is 9.59 Å². The van der Waals surface area contributed by atoms with E-state index >= 15 is 0 Å². The Bertz CT molecular complexity index is 736. The highest BCUT2D eigenvalue weighted by Crippen LogP contribution is 2.38. The van der Waals surface area contributed by atoms with Crippen LogP contribution in [-0.4, -0.2) is 22.2 Å². The Morgan fingerprint density at radius 2 is 1.95 bits per heavy atom. The summed E-state index contributed by atoms with van der Waals surface area (Å²) in [5.74, 6) is 0.350. The number of rotatable bonds is 5. The Kier molecular flexibility index (Phi) is 4.38. The van der Waals surface area contributed by atoms with E-state index in [0.717, 1.165) is 23.0 Å². The molecule has 1 amide bonds. The number of nitrogens with one attached hydrogen (secondary N) is 1. The summed E-state index contributed by atoms with van der Waals surface area (Å²) in [7, 11) is 0. The summed E-state index contributed by atoms with van der Waals surface area (Å²) < 4.78 is 2.35. The van der Waals surface area contributed by atoms with Crippen LogP contribution < -0.4 is 10.9 Å². The summed E-state index contributed by atoms with van der Waals surface area (Å²) in [4.78, 5) is 23.8. The Morgan fingerprint density at radius 1 is 1.23 bits per heavy atom. The number of aromatic nitrogens is 2. The van der Waals surface area contributed by atoms with Crippen molar-refractivity contribution in [3.8, 4) is 0 Å². The van der Waals surface area contributed by atoms with Gasteiger partial charge in [0, 0.05) is 28.6 Å². The molecule has 1 heterocycles. The van der Waals surface area contributed by atoms with Gasteiger partial charge in [-0.3, -0.25) is 9.59 Å². The Hall–Kier alpha value is -1.95. The van der Waals surface area contributed by atoms with Crippen molar-refractivity contribution in [1.29, 1.82) is 0 Å². The number of carbonyl (C=O) groups excluding carboxylic acids is 1. The summed E-state index contributed by atoms with van der Waals surface area (Å²) in [5, 5.41) is 7.17. The molecule has 0 spiro atoms. The van der Waals surface area contributed by atoms with Gasteiger partial charge in [0.15, 0.2) is 0 Å². The van der Waals surface area contributed by atoms with Gasteiger partial charge in [0.1, 0.15) is 0 Å². The van der Waals surface area contributed by atoms with Crippen LogP contribution in [0.4, 0.5) is 0 Å². The molecule has 3 rings (SSSR count). The molecule has 22 heavy (non-hydrogen) atoms. The third-order valence-corrected chi connectivity index (χ3v) is 4.13. The first-order chi connectivity index (χ1) is 10.6. The molecule has 1 aliphatic rings. The number of hydrogen-bond donors (Lipinski definition) is 1. The van der Waals surface area contributed by atoms with Gasteiger partial charge in [0.25, 0.3) is 11.5 Å². The van der Waals surface area contributed by atoms with Crippen LogP contribution in [0.25, 0.3) is 0 Å². The molecule has 0 atom stereocenters. The van der Waals surface area contributed by atoms with Crippen molar-refractivity contribution in [3.05, 3.63) is 62.5 Å². The minimum Gasteiger partial charge on any atom is -0.350 e. The predicted octanol–water partition coefficient (Wildman–Crippen LogP) is 2.31. The first-order valence-corrected chi connectivity index (χ1v) is 8.04. The zero-order valence-corrected chi connectivity index (χ0v) is 13.5. The van der Waals surface area contributed by atoms with E-state index in [4.69, 9.17) is 0 Å². The predicted molar refractivity (Wildman–Crippen MR) is 86.9 cm³/mol. The fourth-order valence-corrected chi connectivity index (χ4v) is 2.46. The minimum absolute atomic E-state index is 0.137. The van der Waals surface area contributed by atoms with Gasteiger partial charge in [-0.15, -0.1) is 0 Å². The Labute approximate surface area is 136 Å². The number of halogens is 1. The van der Waals surface area contributed by atoms with E-state index in [-0.39, 0.29) is 11.5 Å². The lowest BCUT2D eigenvalue weighted by Gasteiger charge is -2.08. The number of amides is 1.